The molecule has 0 aliphatic carbocycles. The van der Waals surface area contributed by atoms with E-state index in [2.05, 4.69) is 10.3 Å². The number of piperazine rings is 1. The summed E-state index contributed by atoms with van der Waals surface area (Å²) in [5, 5.41) is 1.39. The highest BCUT2D eigenvalue weighted by Crippen LogP contribution is 2.30. The number of hydrazine groups is 1. The summed E-state index contributed by atoms with van der Waals surface area (Å²) in [6.45, 7) is 2.85. The van der Waals surface area contributed by atoms with Crippen molar-refractivity contribution in [1.82, 2.24) is 25.1 Å². The Morgan fingerprint density at radius 3 is 2.06 bits per heavy atom. The zero-order valence-electron chi connectivity index (χ0n) is 19.5. The first-order valence-corrected chi connectivity index (χ1v) is 12.1. The predicted molar refractivity (Wildman–Crippen MR) is 127 cm³/mol. The second-order valence-electron chi connectivity index (χ2n) is 9.14. The van der Waals surface area contributed by atoms with Gasteiger partial charge in [0, 0.05) is 32.7 Å². The molecule has 2 aromatic carbocycles. The SMILES string of the molecule is O=C(CN1NC2=CCCCCN2C1=O)N1CCN(C(c2ccc(F)cc2)c2ccc(F)cc2)CC1. The van der Waals surface area contributed by atoms with Gasteiger partial charge in [-0.3, -0.25) is 20.0 Å². The lowest BCUT2D eigenvalue weighted by atomic mass is 9.96. The molecule has 2 saturated heterocycles. The summed E-state index contributed by atoms with van der Waals surface area (Å²) in [7, 11) is 0. The lowest BCUT2D eigenvalue weighted by molar-refractivity contribution is -0.134. The van der Waals surface area contributed by atoms with Gasteiger partial charge in [-0.05, 0) is 60.7 Å². The lowest BCUT2D eigenvalue weighted by Gasteiger charge is -2.40. The van der Waals surface area contributed by atoms with E-state index in [9.17, 15) is 18.4 Å². The molecular weight excluding hydrogens is 452 g/mol. The summed E-state index contributed by atoms with van der Waals surface area (Å²) in [6, 6.07) is 12.3. The second kappa shape index (κ2) is 10.0. The maximum Gasteiger partial charge on any atom is 0.344 e. The van der Waals surface area contributed by atoms with Gasteiger partial charge in [-0.1, -0.05) is 24.3 Å². The first-order chi connectivity index (χ1) is 17.0. The van der Waals surface area contributed by atoms with E-state index in [1.807, 2.05) is 6.08 Å². The van der Waals surface area contributed by atoms with E-state index in [0.29, 0.717) is 32.7 Å². The molecule has 2 fully saturated rings. The van der Waals surface area contributed by atoms with E-state index in [1.165, 1.54) is 29.3 Å². The van der Waals surface area contributed by atoms with Crippen molar-refractivity contribution in [3.8, 4) is 0 Å². The van der Waals surface area contributed by atoms with Gasteiger partial charge < -0.3 is 4.90 Å². The van der Waals surface area contributed by atoms with Crippen LogP contribution in [0.4, 0.5) is 13.6 Å². The summed E-state index contributed by atoms with van der Waals surface area (Å²) in [4.78, 5) is 31.4. The third-order valence-electron chi connectivity index (χ3n) is 6.87. The highest BCUT2D eigenvalue weighted by molar-refractivity contribution is 5.86. The zero-order valence-corrected chi connectivity index (χ0v) is 19.5. The van der Waals surface area contributed by atoms with Crippen molar-refractivity contribution in [2.75, 3.05) is 39.3 Å². The molecule has 5 rings (SSSR count). The molecule has 184 valence electrons. The quantitative estimate of drug-likeness (QED) is 0.711. The third kappa shape index (κ3) is 5.00. The van der Waals surface area contributed by atoms with Crippen molar-refractivity contribution < 1.29 is 18.4 Å². The number of carbonyl (C=O) groups excluding carboxylic acids is 2. The molecule has 35 heavy (non-hydrogen) atoms. The maximum atomic E-state index is 13.6. The number of allylic oxidation sites excluding steroid dienone is 1. The second-order valence-corrected chi connectivity index (χ2v) is 9.14. The number of carbonyl (C=O) groups is 2. The van der Waals surface area contributed by atoms with Crippen LogP contribution < -0.4 is 5.43 Å². The molecule has 3 aliphatic heterocycles. The number of halogens is 2. The molecule has 0 radical (unpaired) electrons. The normalized spacial score (nSPS) is 18.9. The number of nitrogens with one attached hydrogen (secondary N) is 1. The molecule has 0 aromatic heterocycles. The number of amides is 3. The van der Waals surface area contributed by atoms with Gasteiger partial charge >= 0.3 is 6.03 Å². The Morgan fingerprint density at radius 1 is 0.857 bits per heavy atom. The molecule has 0 atom stereocenters. The average Bonchev–Trinajstić information content (AvgIpc) is 3.01. The van der Waals surface area contributed by atoms with Crippen molar-refractivity contribution in [1.29, 1.82) is 0 Å². The zero-order chi connectivity index (χ0) is 24.4. The molecule has 1 N–H and O–H groups in total. The molecule has 3 heterocycles. The van der Waals surface area contributed by atoms with Crippen molar-refractivity contribution in [3.63, 3.8) is 0 Å². The lowest BCUT2D eigenvalue weighted by Crippen LogP contribution is -2.53. The van der Waals surface area contributed by atoms with E-state index in [0.717, 1.165) is 36.2 Å². The molecule has 3 amide bonds. The Balaban J connectivity index is 1.24. The molecule has 0 saturated carbocycles. The highest BCUT2D eigenvalue weighted by Gasteiger charge is 2.36. The van der Waals surface area contributed by atoms with Crippen molar-refractivity contribution in [2.45, 2.75) is 25.3 Å². The third-order valence-corrected chi connectivity index (χ3v) is 6.87. The van der Waals surface area contributed by atoms with E-state index in [1.54, 1.807) is 34.1 Å². The Bertz CT molecular complexity index is 1050. The minimum atomic E-state index is -0.311. The van der Waals surface area contributed by atoms with Crippen LogP contribution in [-0.2, 0) is 4.79 Å². The summed E-state index contributed by atoms with van der Waals surface area (Å²) in [6.07, 6.45) is 4.92. The fraction of sp³-hybridized carbons (Fsp3) is 0.385. The maximum absolute atomic E-state index is 13.6. The van der Waals surface area contributed by atoms with E-state index in [-0.39, 0.29) is 36.2 Å². The monoisotopic (exact) mass is 481 g/mol. The Labute approximate surface area is 203 Å². The summed E-state index contributed by atoms with van der Waals surface area (Å²) < 4.78 is 27.1. The molecule has 7 nitrogen and oxygen atoms in total. The molecule has 0 spiro atoms. The predicted octanol–water partition coefficient (Wildman–Crippen LogP) is 3.47. The van der Waals surface area contributed by atoms with Gasteiger partial charge in [-0.25, -0.2) is 18.6 Å². The van der Waals surface area contributed by atoms with Gasteiger partial charge in [0.1, 0.15) is 24.0 Å². The van der Waals surface area contributed by atoms with Gasteiger partial charge in [0.25, 0.3) is 0 Å². The standard InChI is InChI=1S/C26H29F2N5O2/c27-21-9-5-19(6-10-21)25(20-7-11-22(28)12-8-20)31-16-14-30(15-17-31)24(34)18-33-26(35)32-13-3-1-2-4-23(32)29-33/h4-12,25,29H,1-3,13-18H2. The van der Waals surface area contributed by atoms with Crippen LogP contribution >= 0.6 is 0 Å². The number of hydrogen-bond donors (Lipinski definition) is 1. The van der Waals surface area contributed by atoms with Crippen LogP contribution in [0.25, 0.3) is 0 Å². The molecule has 0 unspecified atom stereocenters. The topological polar surface area (TPSA) is 59.1 Å². The van der Waals surface area contributed by atoms with Crippen LogP contribution in [0.15, 0.2) is 60.4 Å². The van der Waals surface area contributed by atoms with Crippen LogP contribution in [0.2, 0.25) is 0 Å². The minimum Gasteiger partial charge on any atom is -0.339 e. The number of rotatable bonds is 5. The smallest absolute Gasteiger partial charge is 0.339 e. The highest BCUT2D eigenvalue weighted by atomic mass is 19.1. The fourth-order valence-electron chi connectivity index (χ4n) is 5.00. The van der Waals surface area contributed by atoms with Crippen molar-refractivity contribution in [2.24, 2.45) is 0 Å². The van der Waals surface area contributed by atoms with Gasteiger partial charge in [0.15, 0.2) is 0 Å². The van der Waals surface area contributed by atoms with Gasteiger partial charge in [0.2, 0.25) is 5.91 Å². The van der Waals surface area contributed by atoms with E-state index < -0.39 is 0 Å². The molecule has 0 bridgehead atoms. The van der Waals surface area contributed by atoms with Crippen LogP contribution in [0.3, 0.4) is 0 Å². The van der Waals surface area contributed by atoms with Gasteiger partial charge in [-0.15, -0.1) is 0 Å². The van der Waals surface area contributed by atoms with Crippen LogP contribution in [0.5, 0.6) is 0 Å². The first-order valence-electron chi connectivity index (χ1n) is 12.1. The van der Waals surface area contributed by atoms with Crippen molar-refractivity contribution in [3.05, 3.63) is 83.2 Å². The molecule has 9 heteroatoms. The van der Waals surface area contributed by atoms with Gasteiger partial charge in [-0.2, -0.15) is 0 Å². The Hall–Kier alpha value is -3.46. The van der Waals surface area contributed by atoms with E-state index in [4.69, 9.17) is 0 Å². The number of urea groups is 1. The molecule has 3 aliphatic rings. The van der Waals surface area contributed by atoms with Gasteiger partial charge in [0.05, 0.1) is 6.04 Å². The molecular formula is C26H29F2N5O2. The number of hydrogen-bond acceptors (Lipinski definition) is 4. The Morgan fingerprint density at radius 2 is 1.46 bits per heavy atom. The first kappa shape index (κ1) is 23.3. The number of nitrogens with zero attached hydrogens (tertiary/aromatic N) is 4. The van der Waals surface area contributed by atoms with Crippen LogP contribution in [0, 0.1) is 11.6 Å². The number of benzene rings is 2. The largest absolute Gasteiger partial charge is 0.344 e. The molecule has 2 aromatic rings. The number of fused-ring (bicyclic) bond motifs is 1. The Kier molecular flexibility index (Phi) is 6.68. The average molecular weight is 482 g/mol. The van der Waals surface area contributed by atoms with E-state index >= 15 is 0 Å². The summed E-state index contributed by atoms with van der Waals surface area (Å²) >= 11 is 0. The summed E-state index contributed by atoms with van der Waals surface area (Å²) in [5.74, 6) is 0.0414. The van der Waals surface area contributed by atoms with Crippen LogP contribution in [0.1, 0.15) is 36.4 Å². The van der Waals surface area contributed by atoms with Crippen LogP contribution in [-0.4, -0.2) is 70.9 Å². The minimum absolute atomic E-state index is 0.0218. The fourth-order valence-corrected chi connectivity index (χ4v) is 5.00. The van der Waals surface area contributed by atoms with Crippen molar-refractivity contribution >= 4 is 11.9 Å². The summed E-state index contributed by atoms with van der Waals surface area (Å²) in [5.41, 5.74) is 4.90.